The van der Waals surface area contributed by atoms with Crippen LogP contribution in [-0.2, 0) is 16.0 Å². The van der Waals surface area contributed by atoms with E-state index in [2.05, 4.69) is 4.74 Å². The molecule has 5 heteroatoms. The van der Waals surface area contributed by atoms with E-state index >= 15 is 0 Å². The Hall–Kier alpha value is -2.04. The third-order valence-corrected chi connectivity index (χ3v) is 1.80. The predicted octanol–water partition coefficient (Wildman–Crippen LogP) is 0.778. The molecule has 0 spiro atoms. The second-order valence-electron chi connectivity index (χ2n) is 2.95. The van der Waals surface area contributed by atoms with E-state index in [-0.39, 0.29) is 6.42 Å². The third kappa shape index (κ3) is 3.68. The zero-order valence-electron chi connectivity index (χ0n) is 7.92. The van der Waals surface area contributed by atoms with E-state index in [1.54, 1.807) is 24.3 Å². The molecule has 1 aromatic rings. The molecule has 0 radical (unpaired) electrons. The number of hydrogen-bond donors (Lipinski definition) is 2. The average Bonchev–Trinajstić information content (AvgIpc) is 2.17. The number of primary amides is 1. The second-order valence-corrected chi connectivity index (χ2v) is 2.95. The van der Waals surface area contributed by atoms with Crippen molar-refractivity contribution in [3.05, 3.63) is 35.9 Å². The van der Waals surface area contributed by atoms with E-state index in [0.29, 0.717) is 0 Å². The van der Waals surface area contributed by atoms with Gasteiger partial charge < -0.3 is 15.6 Å². The molecular formula is C10H11NO4. The Bertz CT molecular complexity index is 350. The minimum atomic E-state index is -1.23. The number of nitrogens with two attached hydrogens (primary N) is 1. The maximum absolute atomic E-state index is 10.7. The molecule has 1 atom stereocenters. The molecule has 0 aliphatic rings. The Morgan fingerprint density at radius 2 is 1.93 bits per heavy atom. The largest absolute Gasteiger partial charge is 0.478 e. The summed E-state index contributed by atoms with van der Waals surface area (Å²) in [5.41, 5.74) is 5.53. The minimum absolute atomic E-state index is 0.110. The number of amides is 1. The molecule has 0 heterocycles. The van der Waals surface area contributed by atoms with Gasteiger partial charge in [-0.25, -0.2) is 9.59 Å². The van der Waals surface area contributed by atoms with Gasteiger partial charge in [0.05, 0.1) is 0 Å². The monoisotopic (exact) mass is 209 g/mol. The summed E-state index contributed by atoms with van der Waals surface area (Å²) in [6.07, 6.45) is -2.21. The van der Waals surface area contributed by atoms with Crippen molar-refractivity contribution >= 4 is 12.1 Å². The van der Waals surface area contributed by atoms with Gasteiger partial charge in [-0.1, -0.05) is 30.3 Å². The molecule has 0 saturated heterocycles. The topological polar surface area (TPSA) is 89.6 Å². The van der Waals surface area contributed by atoms with Gasteiger partial charge in [-0.2, -0.15) is 0 Å². The van der Waals surface area contributed by atoms with Gasteiger partial charge in [-0.3, -0.25) is 0 Å². The maximum atomic E-state index is 10.7. The highest BCUT2D eigenvalue weighted by Crippen LogP contribution is 2.06. The van der Waals surface area contributed by atoms with Crippen LogP contribution in [0.15, 0.2) is 30.3 Å². The van der Waals surface area contributed by atoms with Crippen molar-refractivity contribution < 1.29 is 19.4 Å². The third-order valence-electron chi connectivity index (χ3n) is 1.80. The van der Waals surface area contributed by atoms with Crippen LogP contribution >= 0.6 is 0 Å². The fraction of sp³-hybridized carbons (Fsp3) is 0.200. The molecule has 15 heavy (non-hydrogen) atoms. The normalized spacial score (nSPS) is 11.7. The molecule has 1 amide bonds. The first-order valence-electron chi connectivity index (χ1n) is 4.32. The van der Waals surface area contributed by atoms with Crippen LogP contribution in [0.25, 0.3) is 0 Å². The van der Waals surface area contributed by atoms with Gasteiger partial charge in [-0.15, -0.1) is 0 Å². The summed E-state index contributed by atoms with van der Waals surface area (Å²) in [5, 5.41) is 8.75. The number of carbonyl (C=O) groups excluding carboxylic acids is 1. The highest BCUT2D eigenvalue weighted by Gasteiger charge is 2.21. The predicted molar refractivity (Wildman–Crippen MR) is 52.2 cm³/mol. The Morgan fingerprint density at radius 1 is 1.33 bits per heavy atom. The first kappa shape index (κ1) is 11.0. The zero-order chi connectivity index (χ0) is 11.3. The summed E-state index contributed by atoms with van der Waals surface area (Å²) in [6, 6.07) is 8.87. The standard InChI is InChI=1S/C10H11NO4/c11-10(14)15-8(9(12)13)6-7-4-2-1-3-5-7/h1-5,8H,6H2,(H2,11,14)(H,12,13). The summed E-state index contributed by atoms with van der Waals surface area (Å²) < 4.78 is 4.46. The molecule has 0 aliphatic carbocycles. The Balaban J connectivity index is 2.67. The Labute approximate surface area is 86.5 Å². The first-order valence-corrected chi connectivity index (χ1v) is 4.32. The number of benzene rings is 1. The smallest absolute Gasteiger partial charge is 0.405 e. The zero-order valence-corrected chi connectivity index (χ0v) is 7.92. The van der Waals surface area contributed by atoms with Crippen molar-refractivity contribution in [1.82, 2.24) is 0 Å². The Kier molecular flexibility index (Phi) is 3.68. The van der Waals surface area contributed by atoms with Crippen molar-refractivity contribution in [3.8, 4) is 0 Å². The molecule has 0 aromatic heterocycles. The summed E-state index contributed by atoms with van der Waals surface area (Å²) in [5.74, 6) is -1.21. The SMILES string of the molecule is NC(=O)OC(Cc1ccccc1)C(=O)O. The number of rotatable bonds is 4. The molecule has 1 unspecified atom stereocenters. The molecule has 0 bridgehead atoms. The molecular weight excluding hydrogens is 198 g/mol. The van der Waals surface area contributed by atoms with Gasteiger partial charge in [-0.05, 0) is 5.56 Å². The van der Waals surface area contributed by atoms with Crippen LogP contribution in [0.1, 0.15) is 5.56 Å². The van der Waals surface area contributed by atoms with Gasteiger partial charge in [0.1, 0.15) is 0 Å². The summed E-state index contributed by atoms with van der Waals surface area (Å²) >= 11 is 0. The van der Waals surface area contributed by atoms with Crippen LogP contribution in [0.2, 0.25) is 0 Å². The van der Waals surface area contributed by atoms with Crippen LogP contribution in [0.5, 0.6) is 0 Å². The van der Waals surface area contributed by atoms with Gasteiger partial charge in [0.15, 0.2) is 0 Å². The summed E-state index contributed by atoms with van der Waals surface area (Å²) in [4.78, 5) is 21.1. The van der Waals surface area contributed by atoms with E-state index in [4.69, 9.17) is 10.8 Å². The number of carbonyl (C=O) groups is 2. The van der Waals surface area contributed by atoms with Crippen molar-refractivity contribution in [2.24, 2.45) is 5.73 Å². The number of carboxylic acids is 1. The molecule has 5 nitrogen and oxygen atoms in total. The van der Waals surface area contributed by atoms with E-state index in [0.717, 1.165) is 5.56 Å². The lowest BCUT2D eigenvalue weighted by Gasteiger charge is -2.11. The van der Waals surface area contributed by atoms with Gasteiger partial charge >= 0.3 is 12.1 Å². The highest BCUT2D eigenvalue weighted by atomic mass is 16.6. The quantitative estimate of drug-likeness (QED) is 0.766. The molecule has 1 aromatic carbocycles. The van der Waals surface area contributed by atoms with Crippen LogP contribution < -0.4 is 5.73 Å². The van der Waals surface area contributed by atoms with E-state index in [1.165, 1.54) is 0 Å². The van der Waals surface area contributed by atoms with Crippen molar-refractivity contribution in [3.63, 3.8) is 0 Å². The fourth-order valence-electron chi connectivity index (χ4n) is 1.15. The highest BCUT2D eigenvalue weighted by molar-refractivity contribution is 5.76. The van der Waals surface area contributed by atoms with Crippen LogP contribution in [-0.4, -0.2) is 23.3 Å². The number of aliphatic carboxylic acids is 1. The van der Waals surface area contributed by atoms with Crippen LogP contribution in [0.3, 0.4) is 0 Å². The number of carboxylic acid groups (broad SMARTS) is 1. The molecule has 0 saturated carbocycles. The first-order chi connectivity index (χ1) is 7.09. The summed E-state index contributed by atoms with van der Waals surface area (Å²) in [6.45, 7) is 0. The number of hydrogen-bond acceptors (Lipinski definition) is 3. The lowest BCUT2D eigenvalue weighted by atomic mass is 10.1. The molecule has 3 N–H and O–H groups in total. The molecule has 0 fully saturated rings. The maximum Gasteiger partial charge on any atom is 0.405 e. The van der Waals surface area contributed by atoms with Crippen LogP contribution in [0.4, 0.5) is 4.79 Å². The van der Waals surface area contributed by atoms with Crippen molar-refractivity contribution in [2.75, 3.05) is 0 Å². The van der Waals surface area contributed by atoms with Gasteiger partial charge in [0.2, 0.25) is 6.10 Å². The van der Waals surface area contributed by atoms with Gasteiger partial charge in [0, 0.05) is 6.42 Å². The van der Waals surface area contributed by atoms with E-state index in [1.807, 2.05) is 6.07 Å². The van der Waals surface area contributed by atoms with E-state index in [9.17, 15) is 9.59 Å². The summed E-state index contributed by atoms with van der Waals surface area (Å²) in [7, 11) is 0. The van der Waals surface area contributed by atoms with Gasteiger partial charge in [0.25, 0.3) is 0 Å². The Morgan fingerprint density at radius 3 is 2.40 bits per heavy atom. The lowest BCUT2D eigenvalue weighted by molar-refractivity contribution is -0.146. The fourth-order valence-corrected chi connectivity index (χ4v) is 1.15. The average molecular weight is 209 g/mol. The van der Waals surface area contributed by atoms with Crippen molar-refractivity contribution in [2.45, 2.75) is 12.5 Å². The second kappa shape index (κ2) is 4.99. The lowest BCUT2D eigenvalue weighted by Crippen LogP contribution is -2.31. The molecule has 1 rings (SSSR count). The van der Waals surface area contributed by atoms with Crippen molar-refractivity contribution in [1.29, 1.82) is 0 Å². The van der Waals surface area contributed by atoms with E-state index < -0.39 is 18.2 Å². The molecule has 80 valence electrons. The number of ether oxygens (including phenoxy) is 1. The molecule has 0 aliphatic heterocycles. The van der Waals surface area contributed by atoms with Crippen LogP contribution in [0, 0.1) is 0 Å². The minimum Gasteiger partial charge on any atom is -0.478 e.